The van der Waals surface area contributed by atoms with Gasteiger partial charge in [0.2, 0.25) is 0 Å². The number of phenols is 1. The third-order valence-electron chi connectivity index (χ3n) is 5.77. The van der Waals surface area contributed by atoms with Crippen LogP contribution in [0.5, 0.6) is 5.75 Å². The number of aliphatic hydroxyl groups excluding tert-OH is 6. The molecule has 4 rings (SSSR count). The van der Waals surface area contributed by atoms with Crippen molar-refractivity contribution in [2.24, 2.45) is 0 Å². The van der Waals surface area contributed by atoms with Crippen molar-refractivity contribution in [2.45, 2.75) is 61.3 Å². The molecule has 1 aromatic rings. The fourth-order valence-corrected chi connectivity index (χ4v) is 3.97. The first-order valence-corrected chi connectivity index (χ1v) is 9.96. The number of benzene rings is 1. The molecule has 178 valence electrons. The molecule has 0 unspecified atom stereocenters. The van der Waals surface area contributed by atoms with Gasteiger partial charge in [0.1, 0.15) is 48.5 Å². The fraction of sp³-hybridized carbons (Fsp3) is 0.632. The van der Waals surface area contributed by atoms with Gasteiger partial charge in [-0.1, -0.05) is 12.1 Å². The summed E-state index contributed by atoms with van der Waals surface area (Å²) in [6.07, 6.45) is -15.3. The van der Waals surface area contributed by atoms with Gasteiger partial charge in [0.25, 0.3) is 0 Å². The van der Waals surface area contributed by atoms with Crippen molar-refractivity contribution in [2.75, 3.05) is 18.1 Å². The highest BCUT2D eigenvalue weighted by atomic mass is 16.7. The molecule has 13 heteroatoms. The van der Waals surface area contributed by atoms with Gasteiger partial charge < -0.3 is 54.7 Å². The Bertz CT molecular complexity index is 823. The Hall–Kier alpha value is -2.07. The van der Waals surface area contributed by atoms with Crippen LogP contribution < -0.4 is 4.90 Å². The smallest absolute Gasteiger partial charge is 0.417 e. The lowest BCUT2D eigenvalue weighted by Gasteiger charge is -2.42. The number of amides is 1. The average molecular weight is 459 g/mol. The molecule has 0 saturated carbocycles. The Morgan fingerprint density at radius 3 is 2.28 bits per heavy atom. The van der Waals surface area contributed by atoms with E-state index in [0.717, 1.165) is 4.90 Å². The molecule has 3 heterocycles. The lowest BCUT2D eigenvalue weighted by molar-refractivity contribution is -0.312. The van der Waals surface area contributed by atoms with E-state index in [-0.39, 0.29) is 11.4 Å². The number of anilines is 1. The van der Waals surface area contributed by atoms with Crippen LogP contribution in [0.3, 0.4) is 0 Å². The minimum absolute atomic E-state index is 0.0715. The standard InChI is InChI=1S/C19H25NO12/c21-5-9-11(23)13(25)15(27)18(31-9)29-6-10-12(24)14(26)16-17(30-10)20(19(28)32-16)7-3-1-2-4-8(7)22/h1-4,9-18,21-27H,5-6H2/t9-,10-,11-,12-,13+,14+,15-,16-,17-,18-/m1/s1. The molecule has 0 aromatic heterocycles. The second kappa shape index (κ2) is 9.05. The normalized spacial score (nSPS) is 41.9. The van der Waals surface area contributed by atoms with Gasteiger partial charge in [-0.3, -0.25) is 0 Å². The van der Waals surface area contributed by atoms with E-state index >= 15 is 0 Å². The summed E-state index contributed by atoms with van der Waals surface area (Å²) >= 11 is 0. The molecule has 3 aliphatic heterocycles. The lowest BCUT2D eigenvalue weighted by Crippen LogP contribution is -2.62. The van der Waals surface area contributed by atoms with Crippen molar-refractivity contribution in [1.82, 2.24) is 0 Å². The van der Waals surface area contributed by atoms with Gasteiger partial charge in [-0.15, -0.1) is 0 Å². The van der Waals surface area contributed by atoms with E-state index in [1.165, 1.54) is 12.1 Å². The SMILES string of the molecule is O=C1O[C@@H]2[C@@H](O)[C@H](O)[C@@H](CO[C@@H]3O[C@H](CO)[C@@H](O)[C@H](O)[C@H]3O)O[C@H]2N1c1ccccc1O. The Kier molecular flexibility index (Phi) is 6.53. The molecule has 0 bridgehead atoms. The summed E-state index contributed by atoms with van der Waals surface area (Å²) in [6, 6.07) is 5.92. The summed E-state index contributed by atoms with van der Waals surface area (Å²) in [5, 5.41) is 70.0. The molecule has 1 aromatic carbocycles. The number of ether oxygens (including phenoxy) is 4. The summed E-state index contributed by atoms with van der Waals surface area (Å²) in [5.41, 5.74) is 0.0715. The van der Waals surface area contributed by atoms with Crippen LogP contribution in [0.1, 0.15) is 0 Å². The van der Waals surface area contributed by atoms with E-state index in [2.05, 4.69) is 0 Å². The van der Waals surface area contributed by atoms with Crippen LogP contribution in [0.15, 0.2) is 24.3 Å². The fourth-order valence-electron chi connectivity index (χ4n) is 3.97. The molecule has 3 fully saturated rings. The first kappa shape index (κ1) is 23.1. The van der Waals surface area contributed by atoms with E-state index in [1.807, 2.05) is 0 Å². The Labute approximate surface area is 181 Å². The van der Waals surface area contributed by atoms with Crippen molar-refractivity contribution < 1.29 is 59.5 Å². The first-order valence-electron chi connectivity index (χ1n) is 9.96. The molecule has 1 amide bonds. The Morgan fingerprint density at radius 2 is 1.59 bits per heavy atom. The van der Waals surface area contributed by atoms with Crippen LogP contribution in [0.2, 0.25) is 0 Å². The maximum absolute atomic E-state index is 12.4. The number of phenolic OH excluding ortho intramolecular Hbond substituents is 1. The zero-order valence-electron chi connectivity index (χ0n) is 16.6. The largest absolute Gasteiger partial charge is 0.506 e. The number of para-hydroxylation sites is 2. The van der Waals surface area contributed by atoms with Gasteiger partial charge in [-0.05, 0) is 12.1 Å². The first-order chi connectivity index (χ1) is 15.2. The van der Waals surface area contributed by atoms with Gasteiger partial charge in [0.15, 0.2) is 18.6 Å². The van der Waals surface area contributed by atoms with Gasteiger partial charge >= 0.3 is 6.09 Å². The molecule has 3 saturated heterocycles. The maximum Gasteiger partial charge on any atom is 0.417 e. The maximum atomic E-state index is 12.4. The monoisotopic (exact) mass is 459 g/mol. The lowest BCUT2D eigenvalue weighted by atomic mass is 9.97. The number of carbonyl (C=O) groups excluding carboxylic acids is 1. The highest BCUT2D eigenvalue weighted by molar-refractivity contribution is 5.92. The van der Waals surface area contributed by atoms with Crippen LogP contribution >= 0.6 is 0 Å². The minimum Gasteiger partial charge on any atom is -0.506 e. The van der Waals surface area contributed by atoms with Gasteiger partial charge in [0.05, 0.1) is 18.9 Å². The Morgan fingerprint density at radius 1 is 0.906 bits per heavy atom. The zero-order valence-corrected chi connectivity index (χ0v) is 16.6. The molecule has 3 aliphatic rings. The van der Waals surface area contributed by atoms with Crippen LogP contribution in [-0.4, -0.2) is 116 Å². The van der Waals surface area contributed by atoms with Crippen LogP contribution in [0.25, 0.3) is 0 Å². The van der Waals surface area contributed by atoms with Crippen LogP contribution in [0, 0.1) is 0 Å². The van der Waals surface area contributed by atoms with E-state index < -0.39 is 80.7 Å². The number of rotatable bonds is 5. The quantitative estimate of drug-likeness (QED) is 0.236. The number of fused-ring (bicyclic) bond motifs is 1. The number of hydrogen-bond acceptors (Lipinski definition) is 12. The second-order valence-corrected chi connectivity index (χ2v) is 7.78. The van der Waals surface area contributed by atoms with Gasteiger partial charge in [0, 0.05) is 0 Å². The zero-order chi connectivity index (χ0) is 23.2. The van der Waals surface area contributed by atoms with Gasteiger partial charge in [-0.2, -0.15) is 0 Å². The third-order valence-corrected chi connectivity index (χ3v) is 5.77. The number of aromatic hydroxyl groups is 1. The molecule has 7 N–H and O–H groups in total. The highest BCUT2D eigenvalue weighted by Crippen LogP contribution is 2.38. The molecular formula is C19H25NO12. The molecule has 32 heavy (non-hydrogen) atoms. The number of nitrogens with zero attached hydrogens (tertiary/aromatic N) is 1. The van der Waals surface area contributed by atoms with Crippen molar-refractivity contribution in [1.29, 1.82) is 0 Å². The van der Waals surface area contributed by atoms with Crippen molar-refractivity contribution >= 4 is 11.8 Å². The number of aliphatic hydroxyl groups is 6. The third kappa shape index (κ3) is 3.91. The van der Waals surface area contributed by atoms with E-state index in [1.54, 1.807) is 12.1 Å². The second-order valence-electron chi connectivity index (χ2n) is 7.78. The summed E-state index contributed by atoms with van der Waals surface area (Å²) in [4.78, 5) is 13.4. The van der Waals surface area contributed by atoms with E-state index in [0.29, 0.717) is 0 Å². The Balaban J connectivity index is 1.49. The van der Waals surface area contributed by atoms with Crippen LogP contribution in [-0.2, 0) is 18.9 Å². The van der Waals surface area contributed by atoms with E-state index in [4.69, 9.17) is 18.9 Å². The summed E-state index contributed by atoms with van der Waals surface area (Å²) in [6.45, 7) is -1.11. The average Bonchev–Trinajstić information content (AvgIpc) is 3.11. The predicted octanol–water partition coefficient (Wildman–Crippen LogP) is -3.02. The van der Waals surface area contributed by atoms with Gasteiger partial charge in [-0.25, -0.2) is 9.69 Å². The van der Waals surface area contributed by atoms with E-state index in [9.17, 15) is 40.5 Å². The summed E-state index contributed by atoms with van der Waals surface area (Å²) in [7, 11) is 0. The van der Waals surface area contributed by atoms with Crippen LogP contribution in [0.4, 0.5) is 10.5 Å². The van der Waals surface area contributed by atoms with Crippen molar-refractivity contribution in [3.8, 4) is 5.75 Å². The minimum atomic E-state index is -1.67. The molecule has 0 radical (unpaired) electrons. The number of carbonyl (C=O) groups is 1. The molecule has 0 spiro atoms. The van der Waals surface area contributed by atoms with Crippen molar-refractivity contribution in [3.05, 3.63) is 24.3 Å². The summed E-state index contributed by atoms with van der Waals surface area (Å²) in [5.74, 6) is -0.233. The molecule has 10 atom stereocenters. The number of hydrogen-bond donors (Lipinski definition) is 7. The molecule has 13 nitrogen and oxygen atoms in total. The highest BCUT2D eigenvalue weighted by Gasteiger charge is 2.56. The topological polar surface area (TPSA) is 199 Å². The predicted molar refractivity (Wildman–Crippen MR) is 101 cm³/mol. The van der Waals surface area contributed by atoms with Crippen molar-refractivity contribution in [3.63, 3.8) is 0 Å². The molecular weight excluding hydrogens is 434 g/mol. The summed E-state index contributed by atoms with van der Waals surface area (Å²) < 4.78 is 21.5. The molecule has 0 aliphatic carbocycles.